The van der Waals surface area contributed by atoms with Gasteiger partial charge in [-0.15, -0.1) is 0 Å². The molecular weight excluding hydrogens is 282 g/mol. The normalized spacial score (nSPS) is 23.7. The highest BCUT2D eigenvalue weighted by Crippen LogP contribution is 2.28. The summed E-state index contributed by atoms with van der Waals surface area (Å²) in [6.45, 7) is 2.87. The smallest absolute Gasteiger partial charge is 0.152 e. The molecule has 0 saturated carbocycles. The Balaban J connectivity index is 2.31. The largest absolute Gasteiger partial charge is 0.376 e. The molecule has 0 amide bonds. The number of ether oxygens (including phenoxy) is 1. The molecule has 1 fully saturated rings. The Bertz CT molecular complexity index is 422. The van der Waals surface area contributed by atoms with Gasteiger partial charge in [-0.3, -0.25) is 4.79 Å². The van der Waals surface area contributed by atoms with Crippen LogP contribution in [0.4, 0.5) is 5.69 Å². The van der Waals surface area contributed by atoms with Gasteiger partial charge in [0.15, 0.2) is 6.29 Å². The number of rotatable bonds is 3. The van der Waals surface area contributed by atoms with E-state index in [4.69, 9.17) is 4.74 Å². The Morgan fingerprint density at radius 2 is 2.29 bits per heavy atom. The Morgan fingerprint density at radius 1 is 1.53 bits per heavy atom. The first kappa shape index (κ1) is 12.6. The second-order valence-electron chi connectivity index (χ2n) is 4.36. The highest BCUT2D eigenvalue weighted by atomic mass is 79.9. The van der Waals surface area contributed by atoms with Crippen LogP contribution in [-0.2, 0) is 4.74 Å². The van der Waals surface area contributed by atoms with Crippen LogP contribution in [0.15, 0.2) is 22.7 Å². The van der Waals surface area contributed by atoms with Gasteiger partial charge >= 0.3 is 0 Å². The number of hydrogen-bond acceptors (Lipinski definition) is 3. The summed E-state index contributed by atoms with van der Waals surface area (Å²) in [5.74, 6) is 0. The minimum absolute atomic E-state index is 0.207. The topological polar surface area (TPSA) is 29.5 Å². The van der Waals surface area contributed by atoms with Crippen LogP contribution in [0.3, 0.4) is 0 Å². The summed E-state index contributed by atoms with van der Waals surface area (Å²) < 4.78 is 6.55. The predicted molar refractivity (Wildman–Crippen MR) is 71.8 cm³/mol. The van der Waals surface area contributed by atoms with Crippen LogP contribution in [0, 0.1) is 0 Å². The standard InChI is InChI=1S/C13H16BrNO2/c1-9-12(5-6-17-9)15(2)13-7-11(14)4-3-10(13)8-16/h3-4,7-9,12H,5-6H2,1-2H3. The third-order valence-electron chi connectivity index (χ3n) is 3.33. The molecule has 1 aromatic rings. The molecule has 2 atom stereocenters. The molecule has 92 valence electrons. The van der Waals surface area contributed by atoms with E-state index in [-0.39, 0.29) is 6.10 Å². The molecule has 2 unspecified atom stereocenters. The average Bonchev–Trinajstić information content (AvgIpc) is 2.74. The second-order valence-corrected chi connectivity index (χ2v) is 5.28. The lowest BCUT2D eigenvalue weighted by molar-refractivity contribution is 0.112. The molecule has 3 nitrogen and oxygen atoms in total. The van der Waals surface area contributed by atoms with E-state index < -0.39 is 0 Å². The molecule has 1 aliphatic heterocycles. The number of anilines is 1. The molecule has 0 spiro atoms. The second kappa shape index (κ2) is 5.19. The number of benzene rings is 1. The van der Waals surface area contributed by atoms with Crippen molar-refractivity contribution in [2.75, 3.05) is 18.6 Å². The SMILES string of the molecule is CC1OCCC1N(C)c1cc(Br)ccc1C=O. The molecule has 1 saturated heterocycles. The quantitative estimate of drug-likeness (QED) is 0.804. The summed E-state index contributed by atoms with van der Waals surface area (Å²) in [5.41, 5.74) is 1.67. The van der Waals surface area contributed by atoms with Gasteiger partial charge in [-0.1, -0.05) is 15.9 Å². The van der Waals surface area contributed by atoms with Gasteiger partial charge in [0.1, 0.15) is 0 Å². The average molecular weight is 298 g/mol. The summed E-state index contributed by atoms with van der Waals surface area (Å²) in [4.78, 5) is 13.2. The van der Waals surface area contributed by atoms with Crippen LogP contribution in [0.25, 0.3) is 0 Å². The third kappa shape index (κ3) is 2.53. The molecule has 4 heteroatoms. The molecule has 17 heavy (non-hydrogen) atoms. The van der Waals surface area contributed by atoms with E-state index in [9.17, 15) is 4.79 Å². The number of halogens is 1. The molecule has 0 radical (unpaired) electrons. The van der Waals surface area contributed by atoms with Crippen molar-refractivity contribution in [1.29, 1.82) is 0 Å². The Labute approximate surface area is 110 Å². The fraction of sp³-hybridized carbons (Fsp3) is 0.462. The van der Waals surface area contributed by atoms with Gasteiger partial charge in [-0.2, -0.15) is 0 Å². The maximum absolute atomic E-state index is 11.1. The summed E-state index contributed by atoms with van der Waals surface area (Å²) in [6, 6.07) is 6.04. The monoisotopic (exact) mass is 297 g/mol. The van der Waals surface area contributed by atoms with Crippen molar-refractivity contribution in [3.63, 3.8) is 0 Å². The first-order valence-corrected chi connectivity index (χ1v) is 6.52. The lowest BCUT2D eigenvalue weighted by Gasteiger charge is -2.29. The van der Waals surface area contributed by atoms with Gasteiger partial charge in [0.2, 0.25) is 0 Å². The van der Waals surface area contributed by atoms with Crippen LogP contribution >= 0.6 is 15.9 Å². The van der Waals surface area contributed by atoms with Gasteiger partial charge in [0, 0.05) is 29.4 Å². The maximum atomic E-state index is 11.1. The summed E-state index contributed by atoms with van der Waals surface area (Å²) >= 11 is 3.44. The van der Waals surface area contributed by atoms with E-state index in [1.54, 1.807) is 0 Å². The summed E-state index contributed by atoms with van der Waals surface area (Å²) in [5, 5.41) is 0. The van der Waals surface area contributed by atoms with Crippen molar-refractivity contribution in [1.82, 2.24) is 0 Å². The molecular formula is C13H16BrNO2. The minimum Gasteiger partial charge on any atom is -0.376 e. The van der Waals surface area contributed by atoms with E-state index in [1.165, 1.54) is 0 Å². The molecule has 1 aliphatic rings. The number of nitrogens with zero attached hydrogens (tertiary/aromatic N) is 1. The van der Waals surface area contributed by atoms with E-state index >= 15 is 0 Å². The Kier molecular flexibility index (Phi) is 3.84. The van der Waals surface area contributed by atoms with Crippen LogP contribution in [0.5, 0.6) is 0 Å². The van der Waals surface area contributed by atoms with Crippen molar-refractivity contribution < 1.29 is 9.53 Å². The minimum atomic E-state index is 0.207. The van der Waals surface area contributed by atoms with Crippen LogP contribution in [0.2, 0.25) is 0 Å². The molecule has 0 N–H and O–H groups in total. The summed E-state index contributed by atoms with van der Waals surface area (Å²) in [6.07, 6.45) is 2.11. The predicted octanol–water partition coefficient (Wildman–Crippen LogP) is 2.88. The van der Waals surface area contributed by atoms with Crippen molar-refractivity contribution >= 4 is 27.9 Å². The van der Waals surface area contributed by atoms with E-state index in [2.05, 4.69) is 27.8 Å². The molecule has 0 aromatic heterocycles. The van der Waals surface area contributed by atoms with Crippen LogP contribution in [-0.4, -0.2) is 32.1 Å². The van der Waals surface area contributed by atoms with Gasteiger partial charge in [0.05, 0.1) is 12.1 Å². The van der Waals surface area contributed by atoms with Crippen molar-refractivity contribution in [3.8, 4) is 0 Å². The van der Waals surface area contributed by atoms with Crippen molar-refractivity contribution in [2.24, 2.45) is 0 Å². The molecule has 0 aliphatic carbocycles. The highest BCUT2D eigenvalue weighted by Gasteiger charge is 2.29. The van der Waals surface area contributed by atoms with Gasteiger partial charge in [0.25, 0.3) is 0 Å². The zero-order valence-corrected chi connectivity index (χ0v) is 11.6. The van der Waals surface area contributed by atoms with Crippen molar-refractivity contribution in [2.45, 2.75) is 25.5 Å². The van der Waals surface area contributed by atoms with Crippen LogP contribution < -0.4 is 4.90 Å². The lowest BCUT2D eigenvalue weighted by Crippen LogP contribution is -2.37. The first-order chi connectivity index (χ1) is 8.13. The van der Waals surface area contributed by atoms with E-state index in [0.29, 0.717) is 6.04 Å². The van der Waals surface area contributed by atoms with Gasteiger partial charge in [-0.05, 0) is 31.5 Å². The fourth-order valence-corrected chi connectivity index (χ4v) is 2.68. The number of likely N-dealkylation sites (N-methyl/N-ethyl adjacent to an activating group) is 1. The molecule has 2 rings (SSSR count). The number of carbonyl (C=O) groups is 1. The Morgan fingerprint density at radius 3 is 2.88 bits per heavy atom. The number of aldehydes is 1. The molecule has 0 bridgehead atoms. The fourth-order valence-electron chi connectivity index (χ4n) is 2.33. The maximum Gasteiger partial charge on any atom is 0.152 e. The molecule has 1 heterocycles. The first-order valence-electron chi connectivity index (χ1n) is 5.72. The lowest BCUT2D eigenvalue weighted by atomic mass is 10.1. The number of hydrogen-bond donors (Lipinski definition) is 0. The number of carbonyl (C=O) groups excluding carboxylic acids is 1. The zero-order valence-electron chi connectivity index (χ0n) is 10.0. The zero-order chi connectivity index (χ0) is 12.4. The Hall–Kier alpha value is -0.870. The van der Waals surface area contributed by atoms with E-state index in [0.717, 1.165) is 35.0 Å². The summed E-state index contributed by atoms with van der Waals surface area (Å²) in [7, 11) is 2.02. The van der Waals surface area contributed by atoms with Gasteiger partial charge < -0.3 is 9.64 Å². The third-order valence-corrected chi connectivity index (χ3v) is 3.83. The van der Waals surface area contributed by atoms with Gasteiger partial charge in [-0.25, -0.2) is 0 Å². The highest BCUT2D eigenvalue weighted by molar-refractivity contribution is 9.10. The molecule has 1 aromatic carbocycles. The van der Waals surface area contributed by atoms with E-state index in [1.807, 2.05) is 25.2 Å². The van der Waals surface area contributed by atoms with Crippen LogP contribution in [0.1, 0.15) is 23.7 Å². The van der Waals surface area contributed by atoms with Crippen molar-refractivity contribution in [3.05, 3.63) is 28.2 Å².